The predicted octanol–water partition coefficient (Wildman–Crippen LogP) is 2.50. The van der Waals surface area contributed by atoms with E-state index in [1.807, 2.05) is 20.8 Å². The summed E-state index contributed by atoms with van der Waals surface area (Å²) < 4.78 is 29.2. The number of rotatable bonds is 3. The molecule has 7 heteroatoms. The third-order valence-electron chi connectivity index (χ3n) is 2.76. The first-order valence-corrected chi connectivity index (χ1v) is 7.72. The number of hydrogen-bond donors (Lipinski definition) is 1. The van der Waals surface area contributed by atoms with Crippen molar-refractivity contribution in [1.29, 1.82) is 0 Å². The van der Waals surface area contributed by atoms with Crippen LogP contribution in [0.3, 0.4) is 0 Å². The summed E-state index contributed by atoms with van der Waals surface area (Å²) >= 11 is 0. The SMILES string of the molecule is CC(C)(C)[S@](=O)/N=C(/c1ccc(F)cc1)c1cnc(N)nc1. The van der Waals surface area contributed by atoms with Crippen LogP contribution in [0.5, 0.6) is 0 Å². The van der Waals surface area contributed by atoms with Crippen molar-refractivity contribution in [2.45, 2.75) is 25.5 Å². The van der Waals surface area contributed by atoms with Crippen LogP contribution in [0.15, 0.2) is 41.1 Å². The average molecular weight is 320 g/mol. The molecule has 1 aromatic heterocycles. The van der Waals surface area contributed by atoms with Crippen molar-refractivity contribution in [2.24, 2.45) is 4.40 Å². The van der Waals surface area contributed by atoms with E-state index in [9.17, 15) is 8.60 Å². The van der Waals surface area contributed by atoms with Crippen LogP contribution in [0.2, 0.25) is 0 Å². The minimum Gasteiger partial charge on any atom is -0.368 e. The van der Waals surface area contributed by atoms with Crippen molar-refractivity contribution in [3.05, 3.63) is 53.6 Å². The third-order valence-corrected chi connectivity index (χ3v) is 4.16. The Morgan fingerprint density at radius 3 is 2.18 bits per heavy atom. The number of hydrogen-bond acceptors (Lipinski definition) is 4. The lowest BCUT2D eigenvalue weighted by Crippen LogP contribution is -2.21. The number of anilines is 1. The zero-order valence-electron chi connectivity index (χ0n) is 12.6. The number of benzene rings is 1. The second-order valence-corrected chi connectivity index (χ2v) is 7.54. The van der Waals surface area contributed by atoms with E-state index in [0.717, 1.165) is 0 Å². The van der Waals surface area contributed by atoms with E-state index < -0.39 is 15.7 Å². The van der Waals surface area contributed by atoms with E-state index in [4.69, 9.17) is 5.73 Å². The fourth-order valence-electron chi connectivity index (χ4n) is 1.56. The molecule has 0 saturated carbocycles. The number of nitrogens with two attached hydrogens (primary N) is 1. The molecule has 22 heavy (non-hydrogen) atoms. The van der Waals surface area contributed by atoms with E-state index in [2.05, 4.69) is 14.4 Å². The highest BCUT2D eigenvalue weighted by Gasteiger charge is 2.21. The summed E-state index contributed by atoms with van der Waals surface area (Å²) in [5.74, 6) is -0.215. The molecule has 0 spiro atoms. The molecule has 116 valence electrons. The maximum absolute atomic E-state index is 13.1. The van der Waals surface area contributed by atoms with Gasteiger partial charge in [0.1, 0.15) is 16.8 Å². The summed E-state index contributed by atoms with van der Waals surface area (Å²) in [4.78, 5) is 7.85. The normalized spacial score (nSPS) is 13.9. The summed E-state index contributed by atoms with van der Waals surface area (Å²) in [5, 5.41) is 0. The maximum Gasteiger partial charge on any atom is 0.219 e. The molecule has 2 rings (SSSR count). The first-order chi connectivity index (χ1) is 10.3. The largest absolute Gasteiger partial charge is 0.368 e. The van der Waals surface area contributed by atoms with Gasteiger partial charge in [-0.3, -0.25) is 0 Å². The van der Waals surface area contributed by atoms with E-state index in [1.54, 1.807) is 12.1 Å². The van der Waals surface area contributed by atoms with Crippen molar-refractivity contribution in [3.8, 4) is 0 Å². The molecule has 0 aliphatic carbocycles. The Balaban J connectivity index is 2.54. The highest BCUT2D eigenvalue weighted by Crippen LogP contribution is 2.17. The van der Waals surface area contributed by atoms with Crippen LogP contribution in [0.1, 0.15) is 31.9 Å². The van der Waals surface area contributed by atoms with Crippen LogP contribution in [0.25, 0.3) is 0 Å². The second kappa shape index (κ2) is 6.31. The van der Waals surface area contributed by atoms with Gasteiger partial charge in [0.25, 0.3) is 0 Å². The third kappa shape index (κ3) is 3.94. The topological polar surface area (TPSA) is 81.2 Å². The van der Waals surface area contributed by atoms with Crippen LogP contribution in [0, 0.1) is 5.82 Å². The highest BCUT2D eigenvalue weighted by molar-refractivity contribution is 7.85. The predicted molar refractivity (Wildman–Crippen MR) is 86.4 cm³/mol. The molecule has 0 aliphatic heterocycles. The molecule has 0 fully saturated rings. The van der Waals surface area contributed by atoms with Gasteiger partial charge in [-0.15, -0.1) is 0 Å². The van der Waals surface area contributed by atoms with E-state index in [0.29, 0.717) is 16.8 Å². The number of aromatic nitrogens is 2. The molecule has 0 unspecified atom stereocenters. The highest BCUT2D eigenvalue weighted by atomic mass is 32.2. The van der Waals surface area contributed by atoms with Crippen LogP contribution >= 0.6 is 0 Å². The van der Waals surface area contributed by atoms with Crippen molar-refractivity contribution >= 4 is 22.6 Å². The number of nitrogen functional groups attached to an aromatic ring is 1. The van der Waals surface area contributed by atoms with Gasteiger partial charge >= 0.3 is 0 Å². The van der Waals surface area contributed by atoms with Crippen molar-refractivity contribution < 1.29 is 8.60 Å². The van der Waals surface area contributed by atoms with Gasteiger partial charge < -0.3 is 5.73 Å². The molecule has 1 atom stereocenters. The molecule has 5 nitrogen and oxygen atoms in total. The molecule has 0 amide bonds. The minimum absolute atomic E-state index is 0.138. The first-order valence-electron chi connectivity index (χ1n) is 6.62. The van der Waals surface area contributed by atoms with Gasteiger partial charge in [-0.25, -0.2) is 18.6 Å². The van der Waals surface area contributed by atoms with E-state index >= 15 is 0 Å². The quantitative estimate of drug-likeness (QED) is 0.881. The summed E-state index contributed by atoms with van der Waals surface area (Å²) in [6.07, 6.45) is 3.01. The second-order valence-electron chi connectivity index (χ2n) is 5.64. The van der Waals surface area contributed by atoms with Gasteiger partial charge in [0, 0.05) is 23.5 Å². The molecule has 2 N–H and O–H groups in total. The average Bonchev–Trinajstić information content (AvgIpc) is 2.46. The van der Waals surface area contributed by atoms with Crippen LogP contribution < -0.4 is 5.73 Å². The fourth-order valence-corrected chi connectivity index (χ4v) is 2.21. The van der Waals surface area contributed by atoms with Gasteiger partial charge in [-0.05, 0) is 45.0 Å². The lowest BCUT2D eigenvalue weighted by atomic mass is 10.1. The number of halogens is 1. The van der Waals surface area contributed by atoms with Gasteiger partial charge in [0.2, 0.25) is 5.95 Å². The maximum atomic E-state index is 13.1. The molecular weight excluding hydrogens is 303 g/mol. The monoisotopic (exact) mass is 320 g/mol. The zero-order valence-corrected chi connectivity index (χ0v) is 13.4. The molecule has 1 heterocycles. The first kappa shape index (κ1) is 16.2. The minimum atomic E-state index is -1.47. The van der Waals surface area contributed by atoms with Crippen LogP contribution in [0.4, 0.5) is 10.3 Å². The molecule has 0 bridgehead atoms. The lowest BCUT2D eigenvalue weighted by Gasteiger charge is -2.15. The molecule has 0 radical (unpaired) electrons. The Kier molecular flexibility index (Phi) is 4.65. The standard InChI is InChI=1S/C15H17FN4OS/c1-15(2,3)22(21)20-13(10-4-6-12(16)7-5-10)11-8-18-14(17)19-9-11/h4-9H,1-3H3,(H2,17,18,19)/b20-13-/t22-/m0/s1. The Labute approximate surface area is 131 Å². The van der Waals surface area contributed by atoms with Crippen molar-refractivity contribution in [2.75, 3.05) is 5.73 Å². The van der Waals surface area contributed by atoms with Gasteiger partial charge in [0.05, 0.1) is 10.5 Å². The van der Waals surface area contributed by atoms with Crippen LogP contribution in [-0.2, 0) is 11.0 Å². The van der Waals surface area contributed by atoms with Crippen molar-refractivity contribution in [1.82, 2.24) is 9.97 Å². The Hall–Kier alpha value is -2.15. The van der Waals surface area contributed by atoms with Crippen LogP contribution in [-0.4, -0.2) is 24.6 Å². The van der Waals surface area contributed by atoms with Gasteiger partial charge in [-0.2, -0.15) is 4.40 Å². The molecule has 1 aromatic carbocycles. The van der Waals surface area contributed by atoms with Gasteiger partial charge in [-0.1, -0.05) is 0 Å². The molecule has 2 aromatic rings. The molecular formula is C15H17FN4OS. The zero-order chi connectivity index (χ0) is 16.3. The van der Waals surface area contributed by atoms with Crippen molar-refractivity contribution in [3.63, 3.8) is 0 Å². The number of nitrogens with zero attached hydrogens (tertiary/aromatic N) is 3. The summed E-state index contributed by atoms with van der Waals surface area (Å²) in [6, 6.07) is 5.79. The Morgan fingerprint density at radius 2 is 1.68 bits per heavy atom. The lowest BCUT2D eigenvalue weighted by molar-refractivity contribution is 0.628. The van der Waals surface area contributed by atoms with Gasteiger partial charge in [0.15, 0.2) is 0 Å². The summed E-state index contributed by atoms with van der Waals surface area (Å²) in [7, 11) is -1.47. The Morgan fingerprint density at radius 1 is 1.14 bits per heavy atom. The molecule has 0 aliphatic rings. The Bertz CT molecular complexity index is 658. The summed E-state index contributed by atoms with van der Waals surface area (Å²) in [5.41, 5.74) is 7.12. The van der Waals surface area contributed by atoms with E-state index in [-0.39, 0.29) is 11.8 Å². The smallest absolute Gasteiger partial charge is 0.219 e. The fraction of sp³-hybridized carbons (Fsp3) is 0.267. The van der Waals surface area contributed by atoms with E-state index in [1.165, 1.54) is 24.5 Å². The molecule has 0 saturated heterocycles. The summed E-state index contributed by atoms with van der Waals surface area (Å²) in [6.45, 7) is 5.48.